The Morgan fingerprint density at radius 1 is 0.958 bits per heavy atom. The van der Waals surface area contributed by atoms with Gasteiger partial charge in [-0.15, -0.1) is 13.2 Å². The molecule has 0 radical (unpaired) electrons. The molecule has 252 valence electrons. The molecular weight excluding hydrogens is 619 g/mol. The van der Waals surface area contributed by atoms with Crippen LogP contribution in [0.2, 0.25) is 0 Å². The third kappa shape index (κ3) is 6.89. The summed E-state index contributed by atoms with van der Waals surface area (Å²) >= 11 is 0. The summed E-state index contributed by atoms with van der Waals surface area (Å²) in [5, 5.41) is 6.30. The predicted molar refractivity (Wildman–Crippen MR) is 177 cm³/mol. The standard InChI is InChI=1S/C38H40F3N3O4/c1-23-5-3-8-32(34(23)25-9-11-30(12-10-25)48-38(39,40)41)35(45)42-28-6-4-7-31(20-28)47-29-13-15-44(16-14-29)36(46)43-37(2)21-24-17-26-19-27(22-37)33(26)18-24/h3-12,20,22,24,26,29,33H,13-19,21H2,1-2H3,(H,42,45)(H,43,46)/t24-,26+,33?,37+/m0/s1. The Balaban J connectivity index is 0.950. The van der Waals surface area contributed by atoms with Gasteiger partial charge in [-0.05, 0) is 104 Å². The van der Waals surface area contributed by atoms with Crippen LogP contribution in [0.3, 0.4) is 0 Å². The number of amides is 3. The molecule has 3 amide bonds. The molecule has 1 heterocycles. The summed E-state index contributed by atoms with van der Waals surface area (Å²) in [6.07, 6.45) is 3.70. The zero-order chi connectivity index (χ0) is 33.6. The number of anilines is 1. The molecule has 4 atom stereocenters. The molecule has 1 saturated heterocycles. The van der Waals surface area contributed by atoms with Crippen LogP contribution < -0.4 is 20.1 Å². The van der Waals surface area contributed by atoms with Crippen LogP contribution in [-0.2, 0) is 0 Å². The highest BCUT2D eigenvalue weighted by Gasteiger charge is 2.49. The van der Waals surface area contributed by atoms with Crippen molar-refractivity contribution in [3.63, 3.8) is 0 Å². The number of benzene rings is 3. The molecule has 3 aromatic carbocycles. The first-order valence-electron chi connectivity index (χ1n) is 16.7. The lowest BCUT2D eigenvalue weighted by molar-refractivity contribution is -0.274. The molecule has 4 aliphatic rings. The van der Waals surface area contributed by atoms with Crippen molar-refractivity contribution in [1.82, 2.24) is 10.2 Å². The van der Waals surface area contributed by atoms with E-state index in [9.17, 15) is 22.8 Å². The van der Waals surface area contributed by atoms with Gasteiger partial charge in [0.25, 0.3) is 5.91 Å². The molecule has 7 rings (SSSR count). The fourth-order valence-corrected chi connectivity index (χ4v) is 8.30. The van der Waals surface area contributed by atoms with E-state index in [2.05, 4.69) is 28.4 Å². The van der Waals surface area contributed by atoms with E-state index in [0.29, 0.717) is 60.0 Å². The Hall–Kier alpha value is -4.47. The third-order valence-corrected chi connectivity index (χ3v) is 10.4. The number of piperidine rings is 1. The number of aryl methyl sites for hydroxylation is 1. The normalized spacial score (nSPS) is 25.0. The number of allylic oxidation sites excluding steroid dienone is 1. The van der Waals surface area contributed by atoms with E-state index in [1.54, 1.807) is 29.8 Å². The largest absolute Gasteiger partial charge is 0.573 e. The highest BCUT2D eigenvalue weighted by molar-refractivity contribution is 6.09. The van der Waals surface area contributed by atoms with E-state index in [4.69, 9.17) is 4.74 Å². The number of likely N-dealkylation sites (tertiary alicyclic amines) is 1. The number of urea groups is 1. The van der Waals surface area contributed by atoms with Gasteiger partial charge in [-0.3, -0.25) is 4.79 Å². The summed E-state index contributed by atoms with van der Waals surface area (Å²) < 4.78 is 48.2. The summed E-state index contributed by atoms with van der Waals surface area (Å²) in [5.41, 5.74) is 4.20. The van der Waals surface area contributed by atoms with Crippen molar-refractivity contribution in [3.8, 4) is 22.6 Å². The number of alkyl halides is 3. The summed E-state index contributed by atoms with van der Waals surface area (Å²) in [7, 11) is 0. The molecule has 0 spiro atoms. The molecule has 10 heteroatoms. The first-order valence-corrected chi connectivity index (χ1v) is 16.7. The molecule has 1 aliphatic heterocycles. The minimum absolute atomic E-state index is 0.00717. The van der Waals surface area contributed by atoms with Gasteiger partial charge in [0.2, 0.25) is 0 Å². The Kier molecular flexibility index (Phi) is 8.37. The Bertz CT molecular complexity index is 1730. The monoisotopic (exact) mass is 659 g/mol. The second kappa shape index (κ2) is 12.5. The highest BCUT2D eigenvalue weighted by Crippen LogP contribution is 2.57. The van der Waals surface area contributed by atoms with Gasteiger partial charge in [-0.25, -0.2) is 4.79 Å². The summed E-state index contributed by atoms with van der Waals surface area (Å²) in [5.74, 6) is 2.26. The molecule has 3 aliphatic carbocycles. The van der Waals surface area contributed by atoms with Crippen molar-refractivity contribution in [2.75, 3.05) is 18.4 Å². The van der Waals surface area contributed by atoms with Crippen LogP contribution in [0, 0.1) is 24.7 Å². The topological polar surface area (TPSA) is 79.9 Å². The number of carbonyl (C=O) groups is 2. The van der Waals surface area contributed by atoms with Gasteiger partial charge in [-0.2, -0.15) is 0 Å². The van der Waals surface area contributed by atoms with Crippen molar-refractivity contribution < 1.29 is 32.2 Å². The Labute approximate surface area is 278 Å². The van der Waals surface area contributed by atoms with E-state index in [1.807, 2.05) is 30.0 Å². The maximum Gasteiger partial charge on any atom is 0.573 e. The second-order valence-corrected chi connectivity index (χ2v) is 14.0. The third-order valence-electron chi connectivity index (χ3n) is 10.4. The fraction of sp³-hybridized carbons (Fsp3) is 0.421. The minimum Gasteiger partial charge on any atom is -0.490 e. The van der Waals surface area contributed by atoms with Crippen molar-refractivity contribution in [3.05, 3.63) is 89.5 Å². The number of ether oxygens (including phenoxy) is 2. The zero-order valence-corrected chi connectivity index (χ0v) is 27.1. The lowest BCUT2D eigenvalue weighted by Crippen LogP contribution is -2.54. The maximum absolute atomic E-state index is 13.5. The van der Waals surface area contributed by atoms with Crippen molar-refractivity contribution >= 4 is 17.6 Å². The number of carbonyl (C=O) groups excluding carboxylic acids is 2. The van der Waals surface area contributed by atoms with Gasteiger partial charge in [-0.1, -0.05) is 42.0 Å². The molecule has 2 saturated carbocycles. The molecule has 7 nitrogen and oxygen atoms in total. The number of hydrogen-bond acceptors (Lipinski definition) is 4. The number of fused-ring (bicyclic) bond motifs is 1. The van der Waals surface area contributed by atoms with E-state index < -0.39 is 6.36 Å². The molecular formula is C38H40F3N3O4. The number of halogens is 3. The van der Waals surface area contributed by atoms with Crippen molar-refractivity contribution in [1.29, 1.82) is 0 Å². The van der Waals surface area contributed by atoms with Crippen LogP contribution in [0.25, 0.3) is 11.1 Å². The smallest absolute Gasteiger partial charge is 0.490 e. The molecule has 3 fully saturated rings. The molecule has 2 N–H and O–H groups in total. The number of hydrogen-bond donors (Lipinski definition) is 2. The first-order chi connectivity index (χ1) is 22.9. The summed E-state index contributed by atoms with van der Waals surface area (Å²) in [6.45, 7) is 5.22. The van der Waals surface area contributed by atoms with Crippen molar-refractivity contribution in [2.45, 2.75) is 70.4 Å². The summed E-state index contributed by atoms with van der Waals surface area (Å²) in [6, 6.07) is 18.0. The molecule has 2 bridgehead atoms. The van der Waals surface area contributed by atoms with Crippen LogP contribution in [0.15, 0.2) is 78.4 Å². The van der Waals surface area contributed by atoms with Crippen LogP contribution in [-0.4, -0.2) is 47.9 Å². The quantitative estimate of drug-likeness (QED) is 0.249. The summed E-state index contributed by atoms with van der Waals surface area (Å²) in [4.78, 5) is 28.7. The number of nitrogens with zero attached hydrogens (tertiary/aromatic N) is 1. The molecule has 48 heavy (non-hydrogen) atoms. The lowest BCUT2D eigenvalue weighted by atomic mass is 9.69. The van der Waals surface area contributed by atoms with Crippen LogP contribution in [0.1, 0.15) is 61.4 Å². The Morgan fingerprint density at radius 3 is 2.46 bits per heavy atom. The average molecular weight is 660 g/mol. The van der Waals surface area contributed by atoms with E-state index in [0.717, 1.165) is 23.8 Å². The zero-order valence-electron chi connectivity index (χ0n) is 27.1. The Morgan fingerprint density at radius 2 is 1.71 bits per heavy atom. The van der Waals surface area contributed by atoms with Gasteiger partial charge in [0.15, 0.2) is 0 Å². The average Bonchev–Trinajstić information content (AvgIpc) is 3.29. The van der Waals surface area contributed by atoms with Gasteiger partial charge in [0.05, 0.1) is 5.54 Å². The van der Waals surface area contributed by atoms with Gasteiger partial charge < -0.3 is 25.0 Å². The number of nitrogens with one attached hydrogen (secondary N) is 2. The van der Waals surface area contributed by atoms with Gasteiger partial charge in [0, 0.05) is 43.2 Å². The molecule has 0 aromatic heterocycles. The van der Waals surface area contributed by atoms with E-state index in [-0.39, 0.29) is 29.3 Å². The molecule has 3 aromatic rings. The van der Waals surface area contributed by atoms with E-state index in [1.165, 1.54) is 43.5 Å². The number of rotatable bonds is 7. The van der Waals surface area contributed by atoms with Crippen LogP contribution in [0.4, 0.5) is 23.7 Å². The van der Waals surface area contributed by atoms with Crippen molar-refractivity contribution in [2.24, 2.45) is 17.8 Å². The SMILES string of the molecule is Cc1cccc(C(=O)Nc2cccc(OC3CCN(C(=O)N[C@@]4(C)C=C5C[C@H]6C[C@@H](CC56)C4)CC3)c2)c1-c1ccc(OC(F)(F)F)cc1. The first kappa shape index (κ1) is 32.1. The van der Waals surface area contributed by atoms with Gasteiger partial charge >= 0.3 is 12.4 Å². The molecule has 1 unspecified atom stereocenters. The van der Waals surface area contributed by atoms with E-state index >= 15 is 0 Å². The second-order valence-electron chi connectivity index (χ2n) is 14.0. The van der Waals surface area contributed by atoms with Crippen LogP contribution >= 0.6 is 0 Å². The lowest BCUT2D eigenvalue weighted by Gasteiger charge is -2.40. The fourth-order valence-electron chi connectivity index (χ4n) is 8.30. The highest BCUT2D eigenvalue weighted by atomic mass is 19.4. The van der Waals surface area contributed by atoms with Crippen LogP contribution in [0.5, 0.6) is 11.5 Å². The minimum atomic E-state index is -4.79. The maximum atomic E-state index is 13.5. The predicted octanol–water partition coefficient (Wildman–Crippen LogP) is 8.50. The van der Waals surface area contributed by atoms with Gasteiger partial charge in [0.1, 0.15) is 17.6 Å².